The van der Waals surface area contributed by atoms with Crippen molar-refractivity contribution in [3.8, 4) is 22.9 Å². The fourth-order valence-corrected chi connectivity index (χ4v) is 5.64. The summed E-state index contributed by atoms with van der Waals surface area (Å²) in [6.07, 6.45) is 1.05. The smallest absolute Gasteiger partial charge is 0.205 e. The monoisotopic (exact) mass is 439 g/mol. The van der Waals surface area contributed by atoms with E-state index >= 15 is 0 Å². The summed E-state index contributed by atoms with van der Waals surface area (Å²) in [5, 5.41) is 17.5. The minimum absolute atomic E-state index is 0.232. The molecule has 0 unspecified atom stereocenters. The first-order valence-electron chi connectivity index (χ1n) is 9.60. The van der Waals surface area contributed by atoms with E-state index in [4.69, 9.17) is 9.47 Å². The van der Waals surface area contributed by atoms with Gasteiger partial charge >= 0.3 is 0 Å². The number of rotatable bonds is 6. The minimum atomic E-state index is 0.232. The molecule has 4 aromatic rings. The van der Waals surface area contributed by atoms with Crippen molar-refractivity contribution in [1.82, 2.24) is 25.1 Å². The lowest BCUT2D eigenvalue weighted by Crippen LogP contribution is -2.37. The van der Waals surface area contributed by atoms with Crippen LogP contribution in [-0.4, -0.2) is 45.9 Å². The number of benzene rings is 1. The molecule has 0 N–H and O–H groups in total. The lowest BCUT2D eigenvalue weighted by molar-refractivity contribution is 0.148. The number of hydrogen-bond donors (Lipinski definition) is 0. The summed E-state index contributed by atoms with van der Waals surface area (Å²) in [6, 6.07) is 12.4. The Balaban J connectivity index is 1.41. The van der Waals surface area contributed by atoms with Crippen LogP contribution in [0.5, 0.6) is 11.5 Å². The third-order valence-corrected chi connectivity index (χ3v) is 7.20. The molecule has 0 spiro atoms. The molecule has 1 aliphatic heterocycles. The second-order valence-corrected chi connectivity index (χ2v) is 8.96. The largest absolute Gasteiger partial charge is 0.493 e. The molecule has 9 heteroatoms. The van der Waals surface area contributed by atoms with E-state index in [2.05, 4.69) is 49.3 Å². The number of thiophene rings is 2. The average Bonchev–Trinajstić information content (AvgIpc) is 3.54. The highest BCUT2D eigenvalue weighted by Crippen LogP contribution is 2.39. The van der Waals surface area contributed by atoms with Crippen molar-refractivity contribution >= 4 is 22.7 Å². The van der Waals surface area contributed by atoms with E-state index in [1.165, 1.54) is 15.3 Å². The Morgan fingerprint density at radius 2 is 1.97 bits per heavy atom. The maximum atomic E-state index is 5.39. The Morgan fingerprint density at radius 3 is 2.77 bits per heavy atom. The van der Waals surface area contributed by atoms with Crippen LogP contribution in [0.4, 0.5) is 0 Å². The molecule has 4 heterocycles. The zero-order chi connectivity index (χ0) is 20.5. The Labute approximate surface area is 182 Å². The summed E-state index contributed by atoms with van der Waals surface area (Å²) in [6.45, 7) is 1.54. The highest BCUT2D eigenvalue weighted by atomic mass is 32.1. The Bertz CT molecular complexity index is 1140. The molecule has 0 amide bonds. The van der Waals surface area contributed by atoms with Gasteiger partial charge in [-0.25, -0.2) is 0 Å². The van der Waals surface area contributed by atoms with Gasteiger partial charge in [0.1, 0.15) is 6.67 Å². The number of tetrazole rings is 1. The van der Waals surface area contributed by atoms with Gasteiger partial charge in [0.15, 0.2) is 11.5 Å². The van der Waals surface area contributed by atoms with Crippen LogP contribution in [-0.2, 0) is 13.1 Å². The number of hydrogen-bond acceptors (Lipinski definition) is 8. The fourth-order valence-electron chi connectivity index (χ4n) is 3.86. The zero-order valence-electron chi connectivity index (χ0n) is 16.7. The van der Waals surface area contributed by atoms with Crippen LogP contribution in [0.2, 0.25) is 0 Å². The molecule has 1 aliphatic rings. The SMILES string of the molecule is COc1ccc(-c2nnn(CN3CCc4sccc4[C@H]3c3cccs3)n2)cc1OC. The predicted molar refractivity (Wildman–Crippen MR) is 117 cm³/mol. The van der Waals surface area contributed by atoms with E-state index < -0.39 is 0 Å². The fraction of sp³-hybridized carbons (Fsp3) is 0.286. The molecule has 1 atom stereocenters. The van der Waals surface area contributed by atoms with Crippen LogP contribution in [0.3, 0.4) is 0 Å². The second kappa shape index (κ2) is 8.17. The first kappa shape index (κ1) is 19.2. The van der Waals surface area contributed by atoms with Crippen molar-refractivity contribution in [3.05, 3.63) is 62.5 Å². The lowest BCUT2D eigenvalue weighted by atomic mass is 9.99. The van der Waals surface area contributed by atoms with Gasteiger partial charge in [-0.05, 0) is 58.3 Å². The van der Waals surface area contributed by atoms with E-state index in [0.717, 1.165) is 18.5 Å². The topological polar surface area (TPSA) is 65.3 Å². The lowest BCUT2D eigenvalue weighted by Gasteiger charge is -2.34. The van der Waals surface area contributed by atoms with Crippen molar-refractivity contribution in [2.24, 2.45) is 0 Å². The van der Waals surface area contributed by atoms with E-state index in [1.807, 2.05) is 29.5 Å². The van der Waals surface area contributed by atoms with Gasteiger partial charge in [0.2, 0.25) is 5.82 Å². The summed E-state index contributed by atoms with van der Waals surface area (Å²) >= 11 is 3.64. The molecule has 0 fully saturated rings. The average molecular weight is 440 g/mol. The zero-order valence-corrected chi connectivity index (χ0v) is 18.3. The van der Waals surface area contributed by atoms with Crippen LogP contribution in [0.15, 0.2) is 47.2 Å². The molecule has 30 heavy (non-hydrogen) atoms. The van der Waals surface area contributed by atoms with Gasteiger partial charge < -0.3 is 9.47 Å². The van der Waals surface area contributed by atoms with Crippen LogP contribution < -0.4 is 9.47 Å². The van der Waals surface area contributed by atoms with Gasteiger partial charge in [0.25, 0.3) is 0 Å². The summed E-state index contributed by atoms with van der Waals surface area (Å²) in [5.41, 5.74) is 2.24. The third-order valence-electron chi connectivity index (χ3n) is 5.28. The Morgan fingerprint density at radius 1 is 1.07 bits per heavy atom. The normalized spacial score (nSPS) is 16.4. The molecule has 0 radical (unpaired) electrons. The molecule has 0 saturated heterocycles. The number of ether oxygens (including phenoxy) is 2. The van der Waals surface area contributed by atoms with Gasteiger partial charge in [-0.1, -0.05) is 6.07 Å². The molecular weight excluding hydrogens is 418 g/mol. The number of methoxy groups -OCH3 is 2. The first-order valence-corrected chi connectivity index (χ1v) is 11.4. The molecule has 0 bridgehead atoms. The first-order chi connectivity index (χ1) is 14.8. The van der Waals surface area contributed by atoms with Crippen molar-refractivity contribution in [2.75, 3.05) is 20.8 Å². The molecule has 5 rings (SSSR count). The maximum absolute atomic E-state index is 5.39. The number of nitrogens with zero attached hydrogens (tertiary/aromatic N) is 5. The van der Waals surface area contributed by atoms with E-state index in [-0.39, 0.29) is 6.04 Å². The van der Waals surface area contributed by atoms with Crippen molar-refractivity contribution in [3.63, 3.8) is 0 Å². The highest BCUT2D eigenvalue weighted by Gasteiger charge is 2.31. The summed E-state index contributed by atoms with van der Waals surface area (Å²) < 4.78 is 10.7. The van der Waals surface area contributed by atoms with Gasteiger partial charge in [-0.2, -0.15) is 0 Å². The quantitative estimate of drug-likeness (QED) is 0.451. The van der Waals surface area contributed by atoms with Gasteiger partial charge in [-0.15, -0.1) is 37.7 Å². The maximum Gasteiger partial charge on any atom is 0.205 e. The van der Waals surface area contributed by atoms with E-state index in [0.29, 0.717) is 24.0 Å². The van der Waals surface area contributed by atoms with Crippen LogP contribution >= 0.6 is 22.7 Å². The van der Waals surface area contributed by atoms with E-state index in [9.17, 15) is 0 Å². The summed E-state index contributed by atoms with van der Waals surface area (Å²) in [4.78, 5) is 6.90. The molecule has 0 aliphatic carbocycles. The van der Waals surface area contributed by atoms with Gasteiger partial charge in [0, 0.05) is 21.9 Å². The number of fused-ring (bicyclic) bond motifs is 1. The standard InChI is InChI=1S/C21H21N5O2S2/c1-27-16-6-5-14(12-17(16)28-2)21-22-24-26(23-21)13-25-9-7-18-15(8-11-30-18)20(25)19-4-3-10-29-19/h3-6,8,10-12,20H,7,9,13H2,1-2H3/t20-/m0/s1. The third kappa shape index (κ3) is 3.49. The van der Waals surface area contributed by atoms with Crippen molar-refractivity contribution in [2.45, 2.75) is 19.1 Å². The Hall–Kier alpha value is -2.75. The van der Waals surface area contributed by atoms with Crippen LogP contribution in [0.1, 0.15) is 21.4 Å². The van der Waals surface area contributed by atoms with Gasteiger partial charge in [0.05, 0.1) is 20.3 Å². The molecular formula is C21H21N5O2S2. The van der Waals surface area contributed by atoms with Crippen molar-refractivity contribution < 1.29 is 9.47 Å². The second-order valence-electron chi connectivity index (χ2n) is 6.98. The molecule has 0 saturated carbocycles. The highest BCUT2D eigenvalue weighted by molar-refractivity contribution is 7.10. The molecule has 1 aromatic carbocycles. The summed E-state index contributed by atoms with van der Waals surface area (Å²) in [7, 11) is 3.24. The minimum Gasteiger partial charge on any atom is -0.493 e. The van der Waals surface area contributed by atoms with Crippen LogP contribution in [0.25, 0.3) is 11.4 Å². The van der Waals surface area contributed by atoms with Crippen molar-refractivity contribution in [1.29, 1.82) is 0 Å². The van der Waals surface area contributed by atoms with Crippen LogP contribution in [0, 0.1) is 0 Å². The molecule has 154 valence electrons. The van der Waals surface area contributed by atoms with Gasteiger partial charge in [-0.3, -0.25) is 4.90 Å². The number of aromatic nitrogens is 4. The van der Waals surface area contributed by atoms with E-state index in [1.54, 1.807) is 30.4 Å². The predicted octanol–water partition coefficient (Wildman–Crippen LogP) is 4.09. The summed E-state index contributed by atoms with van der Waals surface area (Å²) in [5.74, 6) is 1.88. The molecule has 3 aromatic heterocycles. The Kier molecular flexibility index (Phi) is 5.24. The molecule has 7 nitrogen and oxygen atoms in total.